The molecule has 5 heteroatoms. The topological polar surface area (TPSA) is 74.7 Å². The van der Waals surface area contributed by atoms with Crippen molar-refractivity contribution >= 4 is 28.6 Å². The highest BCUT2D eigenvalue weighted by molar-refractivity contribution is 6.26. The summed E-state index contributed by atoms with van der Waals surface area (Å²) in [5.41, 5.74) is 0.763. The van der Waals surface area contributed by atoms with Crippen molar-refractivity contribution in [3.63, 3.8) is 0 Å². The van der Waals surface area contributed by atoms with Crippen LogP contribution in [0.15, 0.2) is 36.4 Å². The van der Waals surface area contributed by atoms with Crippen LogP contribution in [0.1, 0.15) is 41.0 Å². The summed E-state index contributed by atoms with van der Waals surface area (Å²) in [4.78, 5) is 38.3. The quantitative estimate of drug-likeness (QED) is 0.881. The molecule has 1 N–H and O–H groups in total. The first-order chi connectivity index (χ1) is 11.0. The molecule has 5 nitrogen and oxygen atoms in total. The maximum absolute atomic E-state index is 12.8. The molecule has 0 spiro atoms. The van der Waals surface area contributed by atoms with Crippen molar-refractivity contribution in [3.05, 3.63) is 47.5 Å². The number of carbonyl (C=O) groups excluding carboxylic acids is 2. The highest BCUT2D eigenvalue weighted by Crippen LogP contribution is 2.32. The van der Waals surface area contributed by atoms with Crippen LogP contribution >= 0.6 is 0 Å². The fourth-order valence-corrected chi connectivity index (χ4v) is 3.13. The summed E-state index contributed by atoms with van der Waals surface area (Å²) in [7, 11) is 0. The molecule has 0 unspecified atom stereocenters. The Morgan fingerprint density at radius 1 is 1.09 bits per heavy atom. The Balaban J connectivity index is 2.22. The minimum Gasteiger partial charge on any atom is -0.480 e. The summed E-state index contributed by atoms with van der Waals surface area (Å²) in [5, 5.41) is 11.0. The first kappa shape index (κ1) is 15.2. The van der Waals surface area contributed by atoms with Gasteiger partial charge in [-0.2, -0.15) is 0 Å². The van der Waals surface area contributed by atoms with Gasteiger partial charge in [-0.25, -0.2) is 4.79 Å². The Morgan fingerprint density at radius 2 is 1.61 bits per heavy atom. The number of carboxylic acids is 1. The van der Waals surface area contributed by atoms with Gasteiger partial charge in [0.15, 0.2) is 0 Å². The fourth-order valence-electron chi connectivity index (χ4n) is 3.13. The Labute approximate surface area is 133 Å². The number of aliphatic carboxylic acids is 1. The second-order valence-corrected chi connectivity index (χ2v) is 5.86. The van der Waals surface area contributed by atoms with Crippen molar-refractivity contribution in [1.29, 1.82) is 0 Å². The van der Waals surface area contributed by atoms with Crippen molar-refractivity contribution in [1.82, 2.24) is 4.90 Å². The molecular weight excluding hydrogens is 294 g/mol. The highest BCUT2D eigenvalue weighted by atomic mass is 16.4. The molecule has 0 bridgehead atoms. The van der Waals surface area contributed by atoms with Gasteiger partial charge in [0.25, 0.3) is 11.8 Å². The van der Waals surface area contributed by atoms with Gasteiger partial charge < -0.3 is 5.11 Å². The fraction of sp³-hybridized carbons (Fsp3) is 0.278. The summed E-state index contributed by atoms with van der Waals surface area (Å²) < 4.78 is 0. The number of benzene rings is 2. The summed E-state index contributed by atoms with van der Waals surface area (Å²) in [6.45, 7) is 3.58. The predicted molar refractivity (Wildman–Crippen MR) is 85.3 cm³/mol. The summed E-state index contributed by atoms with van der Waals surface area (Å²) in [6.07, 6.45) is 0.555. The summed E-state index contributed by atoms with van der Waals surface area (Å²) >= 11 is 0. The second-order valence-electron chi connectivity index (χ2n) is 5.86. The largest absolute Gasteiger partial charge is 0.480 e. The van der Waals surface area contributed by atoms with E-state index in [2.05, 4.69) is 0 Å². The average molecular weight is 311 g/mol. The molecular formula is C18H17NO4. The summed E-state index contributed by atoms with van der Waals surface area (Å²) in [5.74, 6) is -2.56. The SMILES string of the molecule is CC[C@@H](C)[C@H](C(=O)O)N1C(=O)c2cccc3cccc(c23)C1=O. The molecule has 0 fully saturated rings. The standard InChI is InChI=1S/C18H17NO4/c1-3-10(2)15(18(22)23)19-16(20)12-8-4-6-11-7-5-9-13(14(11)12)17(19)21/h4-10,15H,3H2,1-2H3,(H,22,23)/t10-,15-/m1/s1. The van der Waals surface area contributed by atoms with E-state index in [-0.39, 0.29) is 5.92 Å². The van der Waals surface area contributed by atoms with Gasteiger partial charge in [-0.3, -0.25) is 14.5 Å². The van der Waals surface area contributed by atoms with Crippen molar-refractivity contribution in [3.8, 4) is 0 Å². The van der Waals surface area contributed by atoms with Gasteiger partial charge in [-0.05, 0) is 23.4 Å². The molecule has 2 amide bonds. The molecule has 1 aliphatic heterocycles. The molecule has 0 aliphatic carbocycles. The number of rotatable bonds is 4. The van der Waals surface area contributed by atoms with Gasteiger partial charge >= 0.3 is 5.97 Å². The van der Waals surface area contributed by atoms with Crippen LogP contribution in [0.3, 0.4) is 0 Å². The zero-order valence-corrected chi connectivity index (χ0v) is 12.9. The van der Waals surface area contributed by atoms with E-state index >= 15 is 0 Å². The lowest BCUT2D eigenvalue weighted by molar-refractivity contribution is -0.143. The third kappa shape index (κ3) is 2.20. The summed E-state index contributed by atoms with van der Waals surface area (Å²) in [6, 6.07) is 9.28. The van der Waals surface area contributed by atoms with Crippen LogP contribution in [0.25, 0.3) is 10.8 Å². The van der Waals surface area contributed by atoms with Gasteiger partial charge in [0.1, 0.15) is 6.04 Å². The molecule has 2 atom stereocenters. The molecule has 0 saturated heterocycles. The van der Waals surface area contributed by atoms with Crippen molar-refractivity contribution in [2.45, 2.75) is 26.3 Å². The van der Waals surface area contributed by atoms with Gasteiger partial charge in [0.05, 0.1) is 0 Å². The average Bonchev–Trinajstić information content (AvgIpc) is 2.55. The van der Waals surface area contributed by atoms with E-state index in [1.807, 2.05) is 19.1 Å². The van der Waals surface area contributed by atoms with E-state index in [1.54, 1.807) is 31.2 Å². The van der Waals surface area contributed by atoms with E-state index in [9.17, 15) is 19.5 Å². The lowest BCUT2D eigenvalue weighted by atomic mass is 9.90. The maximum Gasteiger partial charge on any atom is 0.327 e. The Hall–Kier alpha value is -2.69. The van der Waals surface area contributed by atoms with E-state index in [0.717, 1.165) is 10.3 Å². The number of nitrogens with zero attached hydrogens (tertiary/aromatic N) is 1. The first-order valence-electron chi connectivity index (χ1n) is 7.59. The molecule has 118 valence electrons. The van der Waals surface area contributed by atoms with Crippen LogP contribution in [-0.2, 0) is 4.79 Å². The van der Waals surface area contributed by atoms with Crippen molar-refractivity contribution in [2.24, 2.45) is 5.92 Å². The normalized spacial score (nSPS) is 16.5. The lowest BCUT2D eigenvalue weighted by Gasteiger charge is -2.34. The lowest BCUT2D eigenvalue weighted by Crippen LogP contribution is -2.53. The number of imide groups is 1. The number of hydrogen-bond donors (Lipinski definition) is 1. The first-order valence-corrected chi connectivity index (χ1v) is 7.59. The molecule has 2 aromatic carbocycles. The van der Waals surface area contributed by atoms with E-state index in [4.69, 9.17) is 0 Å². The molecule has 2 aromatic rings. The predicted octanol–water partition coefficient (Wildman–Crippen LogP) is 2.94. The molecule has 3 rings (SSSR count). The minimum atomic E-state index is -1.16. The highest BCUT2D eigenvalue weighted by Gasteiger charge is 2.42. The van der Waals surface area contributed by atoms with Crippen LogP contribution in [0, 0.1) is 5.92 Å². The van der Waals surface area contributed by atoms with Gasteiger partial charge in [-0.1, -0.05) is 44.5 Å². The van der Waals surface area contributed by atoms with Crippen LogP contribution in [0.5, 0.6) is 0 Å². The molecule has 23 heavy (non-hydrogen) atoms. The number of carbonyl (C=O) groups is 3. The van der Waals surface area contributed by atoms with Crippen LogP contribution in [0.2, 0.25) is 0 Å². The number of hydrogen-bond acceptors (Lipinski definition) is 3. The Kier molecular flexibility index (Phi) is 3.64. The smallest absolute Gasteiger partial charge is 0.327 e. The van der Waals surface area contributed by atoms with Crippen molar-refractivity contribution < 1.29 is 19.5 Å². The van der Waals surface area contributed by atoms with Gasteiger partial charge in [-0.15, -0.1) is 0 Å². The third-order valence-electron chi connectivity index (χ3n) is 4.52. The molecule has 1 aliphatic rings. The maximum atomic E-state index is 12.8. The van der Waals surface area contributed by atoms with Crippen LogP contribution in [-0.4, -0.2) is 33.8 Å². The molecule has 0 radical (unpaired) electrons. The third-order valence-corrected chi connectivity index (χ3v) is 4.52. The number of amides is 2. The zero-order valence-electron chi connectivity index (χ0n) is 12.9. The van der Waals surface area contributed by atoms with Crippen molar-refractivity contribution in [2.75, 3.05) is 0 Å². The van der Waals surface area contributed by atoms with E-state index in [1.165, 1.54) is 0 Å². The Bertz CT molecular complexity index is 776. The second kappa shape index (κ2) is 5.50. The van der Waals surface area contributed by atoms with E-state index in [0.29, 0.717) is 22.9 Å². The molecule has 1 heterocycles. The molecule has 0 saturated carbocycles. The molecule has 0 aromatic heterocycles. The zero-order chi connectivity index (χ0) is 16.7. The van der Waals surface area contributed by atoms with Gasteiger partial charge in [0, 0.05) is 16.5 Å². The van der Waals surface area contributed by atoms with Crippen LogP contribution in [0.4, 0.5) is 0 Å². The monoisotopic (exact) mass is 311 g/mol. The van der Waals surface area contributed by atoms with E-state index < -0.39 is 23.8 Å². The van der Waals surface area contributed by atoms with Gasteiger partial charge in [0.2, 0.25) is 0 Å². The van der Waals surface area contributed by atoms with Crippen LogP contribution < -0.4 is 0 Å². The number of carboxylic acid groups (broad SMARTS) is 1. The Morgan fingerprint density at radius 3 is 2.04 bits per heavy atom. The minimum absolute atomic E-state index is 0.329.